The Bertz CT molecular complexity index is 647. The van der Waals surface area contributed by atoms with Crippen LogP contribution in [0.2, 0.25) is 0 Å². The van der Waals surface area contributed by atoms with Gasteiger partial charge >= 0.3 is 0 Å². The fourth-order valence-corrected chi connectivity index (χ4v) is 2.64. The van der Waals surface area contributed by atoms with Gasteiger partial charge in [0.05, 0.1) is 11.9 Å². The molecule has 1 aromatic heterocycles. The molecule has 110 valence electrons. The van der Waals surface area contributed by atoms with Crippen LogP contribution in [-0.2, 0) is 11.2 Å². The second-order valence-electron chi connectivity index (χ2n) is 5.63. The topological polar surface area (TPSA) is 59.0 Å². The zero-order chi connectivity index (χ0) is 14.8. The smallest absolute Gasteiger partial charge is 0.246 e. The molecule has 2 N–H and O–H groups in total. The Balaban J connectivity index is 1.77. The third kappa shape index (κ3) is 2.83. The maximum Gasteiger partial charge on any atom is 0.246 e. The first kappa shape index (κ1) is 13.8. The number of amides is 1. The molecule has 3 rings (SSSR count). The fourth-order valence-electron chi connectivity index (χ4n) is 2.64. The summed E-state index contributed by atoms with van der Waals surface area (Å²) in [6.07, 6.45) is 4.51. The van der Waals surface area contributed by atoms with Crippen LogP contribution in [0.15, 0.2) is 36.7 Å². The lowest BCUT2D eigenvalue weighted by molar-refractivity contribution is -0.118. The van der Waals surface area contributed by atoms with Gasteiger partial charge in [-0.25, -0.2) is 0 Å². The van der Waals surface area contributed by atoms with Crippen molar-refractivity contribution in [2.75, 3.05) is 11.9 Å². The van der Waals surface area contributed by atoms with Crippen LogP contribution < -0.4 is 10.6 Å². The van der Waals surface area contributed by atoms with E-state index in [4.69, 9.17) is 0 Å². The molecular formula is C16H20N4O. The van der Waals surface area contributed by atoms with Crippen LogP contribution in [0.1, 0.15) is 37.1 Å². The highest BCUT2D eigenvalue weighted by atomic mass is 16.2. The van der Waals surface area contributed by atoms with Crippen molar-refractivity contribution in [3.05, 3.63) is 47.8 Å². The lowest BCUT2D eigenvalue weighted by atomic mass is 9.94. The second-order valence-corrected chi connectivity index (χ2v) is 5.63. The Morgan fingerprint density at radius 1 is 1.43 bits per heavy atom. The third-order valence-corrected chi connectivity index (χ3v) is 3.77. The Morgan fingerprint density at radius 3 is 3.00 bits per heavy atom. The molecule has 5 heteroatoms. The summed E-state index contributed by atoms with van der Waals surface area (Å²) in [6.45, 7) is 4.93. The Labute approximate surface area is 124 Å². The number of fused-ring (bicyclic) bond motifs is 1. The second kappa shape index (κ2) is 5.69. The highest BCUT2D eigenvalue weighted by Gasteiger charge is 2.25. The summed E-state index contributed by atoms with van der Waals surface area (Å²) in [4.78, 5) is 12.5. The average molecular weight is 284 g/mol. The molecule has 0 bridgehead atoms. The Hall–Kier alpha value is -2.14. The molecule has 2 heterocycles. The molecule has 0 saturated heterocycles. The van der Waals surface area contributed by atoms with E-state index in [0.717, 1.165) is 24.2 Å². The van der Waals surface area contributed by atoms with E-state index in [9.17, 15) is 4.79 Å². The number of hydrogen-bond acceptors (Lipinski definition) is 3. The number of rotatable bonds is 3. The molecule has 1 aromatic carbocycles. The van der Waals surface area contributed by atoms with Crippen LogP contribution in [0.4, 0.5) is 5.69 Å². The number of aromatic nitrogens is 2. The van der Waals surface area contributed by atoms with E-state index in [2.05, 4.69) is 35.6 Å². The normalized spacial score (nSPS) is 17.6. The van der Waals surface area contributed by atoms with Gasteiger partial charge in [0.25, 0.3) is 0 Å². The quantitative estimate of drug-likeness (QED) is 0.909. The van der Waals surface area contributed by atoms with Gasteiger partial charge in [0.15, 0.2) is 0 Å². The van der Waals surface area contributed by atoms with Crippen LogP contribution in [0, 0.1) is 0 Å². The zero-order valence-electron chi connectivity index (χ0n) is 12.3. The molecular weight excluding hydrogens is 264 g/mol. The van der Waals surface area contributed by atoms with Gasteiger partial charge in [0.1, 0.15) is 6.04 Å². The molecule has 0 fully saturated rings. The number of anilines is 1. The molecule has 0 saturated carbocycles. The molecule has 1 atom stereocenters. The molecule has 0 aliphatic carbocycles. The van der Waals surface area contributed by atoms with E-state index in [1.807, 2.05) is 29.1 Å². The predicted octanol–water partition coefficient (Wildman–Crippen LogP) is 2.29. The van der Waals surface area contributed by atoms with Gasteiger partial charge in [-0.2, -0.15) is 5.10 Å². The lowest BCUT2D eigenvalue weighted by Crippen LogP contribution is -2.38. The van der Waals surface area contributed by atoms with Gasteiger partial charge in [-0.05, 0) is 31.4 Å². The number of carbonyl (C=O) groups excluding carboxylic acids is 1. The van der Waals surface area contributed by atoms with E-state index in [0.29, 0.717) is 0 Å². The van der Waals surface area contributed by atoms with Crippen molar-refractivity contribution < 1.29 is 4.79 Å². The molecule has 0 radical (unpaired) electrons. The number of hydrogen-bond donors (Lipinski definition) is 2. The summed E-state index contributed by atoms with van der Waals surface area (Å²) < 4.78 is 1.83. The summed E-state index contributed by atoms with van der Waals surface area (Å²) in [7, 11) is 0. The molecule has 21 heavy (non-hydrogen) atoms. The van der Waals surface area contributed by atoms with Crippen molar-refractivity contribution >= 4 is 11.6 Å². The van der Waals surface area contributed by atoms with Gasteiger partial charge in [-0.15, -0.1) is 0 Å². The van der Waals surface area contributed by atoms with Crippen LogP contribution in [0.25, 0.3) is 0 Å². The van der Waals surface area contributed by atoms with Gasteiger partial charge in [-0.3, -0.25) is 9.48 Å². The van der Waals surface area contributed by atoms with Gasteiger partial charge in [0.2, 0.25) is 5.91 Å². The third-order valence-electron chi connectivity index (χ3n) is 3.77. The molecule has 1 aliphatic rings. The molecule has 5 nitrogen and oxygen atoms in total. The summed E-state index contributed by atoms with van der Waals surface area (Å²) in [5.41, 5.74) is 3.05. The van der Waals surface area contributed by atoms with Gasteiger partial charge in [-0.1, -0.05) is 24.3 Å². The number of carbonyl (C=O) groups is 1. The number of nitrogens with one attached hydrogen (secondary N) is 2. The summed E-state index contributed by atoms with van der Waals surface area (Å²) in [5, 5.41) is 10.5. The largest absolute Gasteiger partial charge is 0.322 e. The minimum atomic E-state index is -0.294. The molecule has 1 aliphatic heterocycles. The van der Waals surface area contributed by atoms with Crippen LogP contribution in [0.3, 0.4) is 0 Å². The van der Waals surface area contributed by atoms with Crippen LogP contribution in [-0.4, -0.2) is 22.2 Å². The highest BCUT2D eigenvalue weighted by Crippen LogP contribution is 2.24. The maximum absolute atomic E-state index is 12.5. The minimum Gasteiger partial charge on any atom is -0.322 e. The summed E-state index contributed by atoms with van der Waals surface area (Å²) in [5.74, 6) is -0.0366. The number of nitrogens with zero attached hydrogens (tertiary/aromatic N) is 2. The van der Waals surface area contributed by atoms with Crippen molar-refractivity contribution in [3.8, 4) is 0 Å². The zero-order valence-corrected chi connectivity index (χ0v) is 12.3. The minimum absolute atomic E-state index is 0.0366. The Morgan fingerprint density at radius 2 is 2.24 bits per heavy atom. The van der Waals surface area contributed by atoms with Crippen molar-refractivity contribution in [3.63, 3.8) is 0 Å². The van der Waals surface area contributed by atoms with E-state index < -0.39 is 0 Å². The monoisotopic (exact) mass is 284 g/mol. The standard InChI is InChI=1S/C16H20N4O/c1-11(2)20-10-13(9-18-20)19-16(21)15-14-6-4-3-5-12(14)7-8-17-15/h3-6,9-11,15,17H,7-8H2,1-2H3,(H,19,21). The van der Waals surface area contributed by atoms with Crippen LogP contribution in [0.5, 0.6) is 0 Å². The van der Waals surface area contributed by atoms with Crippen molar-refractivity contribution in [2.45, 2.75) is 32.4 Å². The van der Waals surface area contributed by atoms with Crippen molar-refractivity contribution in [1.29, 1.82) is 0 Å². The summed E-state index contributed by atoms with van der Waals surface area (Å²) >= 11 is 0. The van der Waals surface area contributed by atoms with Crippen LogP contribution >= 0.6 is 0 Å². The van der Waals surface area contributed by atoms with E-state index in [1.54, 1.807) is 6.20 Å². The number of benzene rings is 1. The molecule has 2 aromatic rings. The summed E-state index contributed by atoms with van der Waals surface area (Å²) in [6, 6.07) is 8.09. The molecule has 1 amide bonds. The van der Waals surface area contributed by atoms with E-state index >= 15 is 0 Å². The van der Waals surface area contributed by atoms with Crippen molar-refractivity contribution in [1.82, 2.24) is 15.1 Å². The van der Waals surface area contributed by atoms with Crippen molar-refractivity contribution in [2.24, 2.45) is 0 Å². The van der Waals surface area contributed by atoms with E-state index in [1.165, 1.54) is 5.56 Å². The molecule has 1 unspecified atom stereocenters. The first-order valence-electron chi connectivity index (χ1n) is 7.31. The predicted molar refractivity (Wildman–Crippen MR) is 82.1 cm³/mol. The Kier molecular flexibility index (Phi) is 3.75. The highest BCUT2D eigenvalue weighted by molar-refractivity contribution is 5.95. The van der Waals surface area contributed by atoms with Gasteiger partial charge < -0.3 is 10.6 Å². The van der Waals surface area contributed by atoms with Gasteiger partial charge in [0, 0.05) is 18.8 Å². The first-order chi connectivity index (χ1) is 10.1. The molecule has 0 spiro atoms. The van der Waals surface area contributed by atoms with E-state index in [-0.39, 0.29) is 18.0 Å². The average Bonchev–Trinajstić information content (AvgIpc) is 2.95. The SMILES string of the molecule is CC(C)n1cc(NC(=O)C2NCCc3ccccc32)cn1. The fraction of sp³-hybridized carbons (Fsp3) is 0.375. The lowest BCUT2D eigenvalue weighted by Gasteiger charge is -2.25. The first-order valence-corrected chi connectivity index (χ1v) is 7.31. The maximum atomic E-state index is 12.5.